The molecular weight excluding hydrogens is 268 g/mol. The Labute approximate surface area is 124 Å². The second-order valence-electron chi connectivity index (χ2n) is 4.54. The molecule has 1 atom stereocenters. The maximum atomic E-state index is 6.23. The molecule has 114 valence electrons. The number of rotatable bonds is 7. The molecule has 1 heterocycles. The number of nitrogens with one attached hydrogen (secondary N) is 1. The lowest BCUT2D eigenvalue weighted by atomic mass is 10.1. The van der Waals surface area contributed by atoms with Gasteiger partial charge in [0.2, 0.25) is 0 Å². The van der Waals surface area contributed by atoms with Gasteiger partial charge in [-0.2, -0.15) is 5.10 Å². The minimum absolute atomic E-state index is 0.392. The lowest BCUT2D eigenvalue weighted by Gasteiger charge is -2.14. The van der Waals surface area contributed by atoms with Crippen LogP contribution in [0.4, 0.5) is 0 Å². The number of aryl methyl sites for hydroxylation is 1. The molecule has 1 aromatic carbocycles. The molecule has 0 fully saturated rings. The average Bonchev–Trinajstić information content (AvgIpc) is 2.98. The number of nitrogens with two attached hydrogens (primary N) is 1. The third kappa shape index (κ3) is 3.52. The monoisotopic (exact) mass is 290 g/mol. The first-order chi connectivity index (χ1) is 10.2. The van der Waals surface area contributed by atoms with Gasteiger partial charge in [-0.25, -0.2) is 4.98 Å². The van der Waals surface area contributed by atoms with Crippen molar-refractivity contribution in [1.82, 2.24) is 15.2 Å². The van der Waals surface area contributed by atoms with Crippen LogP contribution in [-0.2, 0) is 6.42 Å². The van der Waals surface area contributed by atoms with Gasteiger partial charge in [-0.15, -0.1) is 0 Å². The number of H-pyrrole nitrogens is 1. The average molecular weight is 290 g/mol. The third-order valence-corrected chi connectivity index (χ3v) is 3.09. The summed E-state index contributed by atoms with van der Waals surface area (Å²) in [5.41, 5.74) is 7.12. The van der Waals surface area contributed by atoms with Crippen molar-refractivity contribution in [3.05, 3.63) is 35.4 Å². The van der Waals surface area contributed by atoms with Crippen molar-refractivity contribution in [3.8, 4) is 11.5 Å². The van der Waals surface area contributed by atoms with Crippen molar-refractivity contribution in [1.29, 1.82) is 0 Å². The van der Waals surface area contributed by atoms with Crippen LogP contribution < -0.4 is 15.2 Å². The van der Waals surface area contributed by atoms with E-state index < -0.39 is 6.04 Å². The molecule has 0 saturated heterocycles. The summed E-state index contributed by atoms with van der Waals surface area (Å²) >= 11 is 0. The van der Waals surface area contributed by atoms with E-state index in [0.717, 1.165) is 23.6 Å². The Balaban J connectivity index is 2.27. The summed E-state index contributed by atoms with van der Waals surface area (Å²) < 4.78 is 11.2. The van der Waals surface area contributed by atoms with E-state index in [9.17, 15) is 0 Å². The highest BCUT2D eigenvalue weighted by atomic mass is 16.5. The maximum absolute atomic E-state index is 6.23. The second-order valence-corrected chi connectivity index (χ2v) is 4.54. The second kappa shape index (κ2) is 7.08. The third-order valence-electron chi connectivity index (χ3n) is 3.09. The molecule has 0 radical (unpaired) electrons. The topological polar surface area (TPSA) is 86.0 Å². The van der Waals surface area contributed by atoms with Gasteiger partial charge in [0.15, 0.2) is 17.3 Å². The Morgan fingerprint density at radius 3 is 2.48 bits per heavy atom. The van der Waals surface area contributed by atoms with Crippen LogP contribution in [0.3, 0.4) is 0 Å². The zero-order valence-corrected chi connectivity index (χ0v) is 12.7. The van der Waals surface area contributed by atoms with E-state index in [1.807, 2.05) is 39.0 Å². The molecule has 0 aliphatic heterocycles. The summed E-state index contributed by atoms with van der Waals surface area (Å²) in [4.78, 5) is 4.38. The quantitative estimate of drug-likeness (QED) is 0.816. The lowest BCUT2D eigenvalue weighted by Crippen LogP contribution is -2.14. The summed E-state index contributed by atoms with van der Waals surface area (Å²) in [6.07, 6.45) is 0.799. The van der Waals surface area contributed by atoms with Gasteiger partial charge in [-0.3, -0.25) is 5.10 Å². The molecule has 1 aromatic heterocycles. The molecule has 2 rings (SSSR count). The summed E-state index contributed by atoms with van der Waals surface area (Å²) in [7, 11) is 0. The maximum Gasteiger partial charge on any atom is 0.171 e. The van der Waals surface area contributed by atoms with Crippen molar-refractivity contribution in [2.45, 2.75) is 33.2 Å². The van der Waals surface area contributed by atoms with Crippen LogP contribution in [0, 0.1) is 0 Å². The fraction of sp³-hybridized carbons (Fsp3) is 0.467. The van der Waals surface area contributed by atoms with Gasteiger partial charge in [0, 0.05) is 6.42 Å². The van der Waals surface area contributed by atoms with Gasteiger partial charge in [0.05, 0.1) is 19.3 Å². The Morgan fingerprint density at radius 2 is 1.86 bits per heavy atom. The number of ether oxygens (including phenoxy) is 2. The molecule has 6 nitrogen and oxygen atoms in total. The van der Waals surface area contributed by atoms with Crippen LogP contribution in [0.1, 0.15) is 44.0 Å². The van der Waals surface area contributed by atoms with Crippen molar-refractivity contribution in [3.63, 3.8) is 0 Å². The number of aromatic amines is 1. The molecule has 0 spiro atoms. The molecule has 6 heteroatoms. The van der Waals surface area contributed by atoms with Crippen LogP contribution in [0.2, 0.25) is 0 Å². The van der Waals surface area contributed by atoms with Crippen molar-refractivity contribution < 1.29 is 9.47 Å². The Morgan fingerprint density at radius 1 is 1.14 bits per heavy atom. The smallest absolute Gasteiger partial charge is 0.171 e. The number of aromatic nitrogens is 3. The largest absolute Gasteiger partial charge is 0.490 e. The van der Waals surface area contributed by atoms with Crippen LogP contribution >= 0.6 is 0 Å². The molecule has 0 saturated carbocycles. The minimum Gasteiger partial charge on any atom is -0.490 e. The molecule has 0 aliphatic rings. The van der Waals surface area contributed by atoms with Gasteiger partial charge in [0.1, 0.15) is 5.82 Å². The van der Waals surface area contributed by atoms with E-state index in [2.05, 4.69) is 15.2 Å². The lowest BCUT2D eigenvalue weighted by molar-refractivity contribution is 0.287. The number of nitrogens with zero attached hydrogens (tertiary/aromatic N) is 2. The van der Waals surface area contributed by atoms with Crippen molar-refractivity contribution in [2.24, 2.45) is 5.73 Å². The minimum atomic E-state index is -0.392. The predicted molar refractivity (Wildman–Crippen MR) is 80.6 cm³/mol. The molecular formula is C15H22N4O2. The summed E-state index contributed by atoms with van der Waals surface area (Å²) in [5, 5.41) is 7.05. The van der Waals surface area contributed by atoms with Crippen LogP contribution in [0.15, 0.2) is 18.2 Å². The first-order valence-electron chi connectivity index (χ1n) is 7.25. The summed E-state index contributed by atoms with van der Waals surface area (Å²) in [6.45, 7) is 7.05. The molecule has 0 amide bonds. The normalized spacial score (nSPS) is 12.2. The van der Waals surface area contributed by atoms with Crippen molar-refractivity contribution >= 4 is 0 Å². The number of hydrogen-bond donors (Lipinski definition) is 2. The van der Waals surface area contributed by atoms with E-state index in [0.29, 0.717) is 24.8 Å². The SMILES string of the molecule is CCOc1ccc([C@@H](N)c2n[nH]c(CC)n2)cc1OCC. The van der Waals surface area contributed by atoms with Crippen LogP contribution in [0.25, 0.3) is 0 Å². The molecule has 21 heavy (non-hydrogen) atoms. The highest BCUT2D eigenvalue weighted by Crippen LogP contribution is 2.31. The fourth-order valence-corrected chi connectivity index (χ4v) is 2.02. The van der Waals surface area contributed by atoms with E-state index in [-0.39, 0.29) is 0 Å². The van der Waals surface area contributed by atoms with Gasteiger partial charge in [-0.05, 0) is 31.5 Å². The van der Waals surface area contributed by atoms with Crippen LogP contribution in [-0.4, -0.2) is 28.4 Å². The number of benzene rings is 1. The van der Waals surface area contributed by atoms with Gasteiger partial charge in [-0.1, -0.05) is 13.0 Å². The fourth-order valence-electron chi connectivity index (χ4n) is 2.02. The van der Waals surface area contributed by atoms with E-state index in [1.165, 1.54) is 0 Å². The predicted octanol–water partition coefficient (Wildman–Crippen LogP) is 2.21. The summed E-state index contributed by atoms with van der Waals surface area (Å²) in [5.74, 6) is 2.83. The standard InChI is InChI=1S/C15H22N4O2/c1-4-13-17-15(19-18-13)14(16)10-7-8-11(20-5-2)12(9-10)21-6-3/h7-9,14H,4-6,16H2,1-3H3,(H,17,18,19)/t14-/m1/s1. The van der Waals surface area contributed by atoms with Gasteiger partial charge >= 0.3 is 0 Å². The molecule has 2 aromatic rings. The first-order valence-corrected chi connectivity index (χ1v) is 7.25. The van der Waals surface area contributed by atoms with Crippen molar-refractivity contribution in [2.75, 3.05) is 13.2 Å². The van der Waals surface area contributed by atoms with E-state index in [4.69, 9.17) is 15.2 Å². The zero-order chi connectivity index (χ0) is 15.2. The first kappa shape index (κ1) is 15.3. The molecule has 0 bridgehead atoms. The van der Waals surface area contributed by atoms with Crippen LogP contribution in [0.5, 0.6) is 11.5 Å². The van der Waals surface area contributed by atoms with E-state index in [1.54, 1.807) is 0 Å². The zero-order valence-electron chi connectivity index (χ0n) is 12.7. The molecule has 0 unspecified atom stereocenters. The van der Waals surface area contributed by atoms with Gasteiger partial charge < -0.3 is 15.2 Å². The summed E-state index contributed by atoms with van der Waals surface area (Å²) in [6, 6.07) is 5.29. The molecule has 0 aliphatic carbocycles. The highest BCUT2D eigenvalue weighted by Gasteiger charge is 2.16. The Bertz CT molecular complexity index is 583. The highest BCUT2D eigenvalue weighted by molar-refractivity contribution is 5.44. The molecule has 3 N–H and O–H groups in total. The Hall–Kier alpha value is -2.08. The number of hydrogen-bond acceptors (Lipinski definition) is 5. The van der Waals surface area contributed by atoms with E-state index >= 15 is 0 Å². The Kier molecular flexibility index (Phi) is 5.16. The van der Waals surface area contributed by atoms with Gasteiger partial charge in [0.25, 0.3) is 0 Å².